The zero-order valence-corrected chi connectivity index (χ0v) is 30.2. The number of nitrogens with zero attached hydrogens (tertiary/aromatic N) is 4. The van der Waals surface area contributed by atoms with Crippen LogP contribution >= 0.6 is 59.4 Å². The summed E-state index contributed by atoms with van der Waals surface area (Å²) < 4.78 is 27.3. The predicted octanol–water partition coefficient (Wildman–Crippen LogP) is 8.05. The summed E-state index contributed by atoms with van der Waals surface area (Å²) in [6.07, 6.45) is 3.95. The van der Waals surface area contributed by atoms with Gasteiger partial charge in [0.2, 0.25) is 22.9 Å². The number of esters is 2. The molecule has 3 N–H and O–H groups in total. The Morgan fingerprint density at radius 1 is 0.830 bits per heavy atom. The van der Waals surface area contributed by atoms with E-state index in [-0.39, 0.29) is 53.6 Å². The van der Waals surface area contributed by atoms with E-state index >= 15 is 0 Å². The summed E-state index contributed by atoms with van der Waals surface area (Å²) in [7, 11) is 0. The number of carbonyl (C=O) groups excluding carboxylic acids is 3. The van der Waals surface area contributed by atoms with Crippen molar-refractivity contribution in [3.8, 4) is 6.07 Å². The molecule has 0 unspecified atom stereocenters. The molecular formula is C29H24Br3ClN6O8. The number of nitrogen functional groups attached to an aromatic ring is 1. The standard InChI is InChI=1S/C13H13BrN2O5.C10H9BrN2O3.C6H2BrClN2/c1-3-19-12(17)10-9(16-13(18)20-4-2)8-5-7(14)6-15-11(8)21-10;1-2-15-10(14)8-7(12)6-3-5(11)4-13-9(6)16-8;7-5-1-4(2-9)6(8)10-3-5/h5-6H,3-4H2,1-2H3,(H,16,18);3-4H,2,12H2,1H3;1,3H. The van der Waals surface area contributed by atoms with Crippen LogP contribution < -0.4 is 11.1 Å². The van der Waals surface area contributed by atoms with Gasteiger partial charge in [-0.25, -0.2) is 29.3 Å². The summed E-state index contributed by atoms with van der Waals surface area (Å²) in [5.41, 5.74) is 7.14. The van der Waals surface area contributed by atoms with Crippen molar-refractivity contribution in [2.45, 2.75) is 20.8 Å². The number of amides is 1. The third-order valence-electron chi connectivity index (χ3n) is 5.41. The zero-order valence-electron chi connectivity index (χ0n) is 24.7. The molecule has 0 aliphatic carbocycles. The minimum Gasteiger partial charge on any atom is -0.460 e. The fourth-order valence-electron chi connectivity index (χ4n) is 3.52. The monoisotopic (exact) mass is 856 g/mol. The second-order valence-electron chi connectivity index (χ2n) is 8.55. The molecule has 5 aromatic rings. The van der Waals surface area contributed by atoms with Crippen molar-refractivity contribution in [3.05, 3.63) is 72.4 Å². The maximum Gasteiger partial charge on any atom is 0.411 e. The highest BCUT2D eigenvalue weighted by Gasteiger charge is 2.25. The van der Waals surface area contributed by atoms with Crippen molar-refractivity contribution in [3.63, 3.8) is 0 Å². The number of nitrogens with two attached hydrogens (primary N) is 1. The molecule has 0 atom stereocenters. The highest BCUT2D eigenvalue weighted by atomic mass is 79.9. The van der Waals surface area contributed by atoms with Crippen molar-refractivity contribution in [1.82, 2.24) is 15.0 Å². The molecule has 0 saturated carbocycles. The number of ether oxygens (including phenoxy) is 3. The van der Waals surface area contributed by atoms with Crippen LogP contribution in [0.4, 0.5) is 16.2 Å². The molecule has 5 heterocycles. The van der Waals surface area contributed by atoms with Crippen LogP contribution in [0, 0.1) is 11.3 Å². The molecular weight excluding hydrogens is 836 g/mol. The Labute approximate surface area is 297 Å². The smallest absolute Gasteiger partial charge is 0.411 e. The lowest BCUT2D eigenvalue weighted by Crippen LogP contribution is -2.15. The summed E-state index contributed by atoms with van der Waals surface area (Å²) in [5.74, 6) is -1.37. The SMILES string of the molecule is CCOC(=O)Nc1c(C(=O)OCC)oc2ncc(Br)cc12.CCOC(=O)c1oc2ncc(Br)cc2c1N.N#Cc1cc(Br)cnc1Cl. The number of hydrogen-bond donors (Lipinski definition) is 2. The van der Waals surface area contributed by atoms with E-state index in [1.165, 1.54) is 6.20 Å². The number of nitrogens with one attached hydrogen (secondary N) is 1. The maximum absolute atomic E-state index is 11.9. The van der Waals surface area contributed by atoms with Crippen LogP contribution in [0.3, 0.4) is 0 Å². The van der Waals surface area contributed by atoms with E-state index in [0.717, 1.165) is 8.95 Å². The lowest BCUT2D eigenvalue weighted by Gasteiger charge is -2.05. The number of furan rings is 2. The summed E-state index contributed by atoms with van der Waals surface area (Å²) in [5, 5.41) is 12.2. The number of halogens is 4. The van der Waals surface area contributed by atoms with Crippen molar-refractivity contribution in [2.24, 2.45) is 0 Å². The van der Waals surface area contributed by atoms with Gasteiger partial charge in [-0.05, 0) is 86.8 Å². The van der Waals surface area contributed by atoms with E-state index in [0.29, 0.717) is 26.5 Å². The molecule has 0 aromatic carbocycles. The number of fused-ring (bicyclic) bond motifs is 2. The van der Waals surface area contributed by atoms with Crippen LogP contribution in [0.2, 0.25) is 5.15 Å². The Balaban J connectivity index is 0.000000204. The highest BCUT2D eigenvalue weighted by Crippen LogP contribution is 2.32. The van der Waals surface area contributed by atoms with E-state index < -0.39 is 18.0 Å². The number of rotatable bonds is 6. The molecule has 0 spiro atoms. The Kier molecular flexibility index (Phi) is 13.9. The van der Waals surface area contributed by atoms with E-state index in [9.17, 15) is 14.4 Å². The van der Waals surface area contributed by atoms with Crippen LogP contribution in [0.15, 0.2) is 59.0 Å². The molecule has 47 heavy (non-hydrogen) atoms. The van der Waals surface area contributed by atoms with Gasteiger partial charge in [0, 0.05) is 32.0 Å². The zero-order chi connectivity index (χ0) is 34.7. The van der Waals surface area contributed by atoms with Crippen molar-refractivity contribution >= 4 is 111 Å². The lowest BCUT2D eigenvalue weighted by atomic mass is 10.2. The first-order valence-electron chi connectivity index (χ1n) is 13.3. The van der Waals surface area contributed by atoms with E-state index in [1.54, 1.807) is 51.4 Å². The minimum atomic E-state index is -0.689. The normalized spacial score (nSPS) is 10.2. The van der Waals surface area contributed by atoms with Crippen molar-refractivity contribution in [1.29, 1.82) is 5.26 Å². The molecule has 18 heteroatoms. The number of carbonyl (C=O) groups is 3. The first-order valence-corrected chi connectivity index (χ1v) is 16.1. The molecule has 0 aliphatic rings. The Morgan fingerprint density at radius 2 is 1.32 bits per heavy atom. The van der Waals surface area contributed by atoms with Gasteiger partial charge in [-0.1, -0.05) is 11.6 Å². The second kappa shape index (κ2) is 17.6. The van der Waals surface area contributed by atoms with Gasteiger partial charge in [0.1, 0.15) is 16.9 Å². The lowest BCUT2D eigenvalue weighted by molar-refractivity contribution is 0.0485. The largest absolute Gasteiger partial charge is 0.460 e. The van der Waals surface area contributed by atoms with E-state index in [4.69, 9.17) is 45.6 Å². The van der Waals surface area contributed by atoms with Gasteiger partial charge >= 0.3 is 18.0 Å². The number of hydrogen-bond acceptors (Lipinski definition) is 13. The first kappa shape index (κ1) is 37.2. The Hall–Kier alpha value is -4.24. The molecule has 0 saturated heterocycles. The molecule has 0 aliphatic heterocycles. The topological polar surface area (TPSA) is 206 Å². The van der Waals surface area contributed by atoms with Gasteiger partial charge in [0.25, 0.3) is 0 Å². The molecule has 0 bridgehead atoms. The van der Waals surface area contributed by atoms with Gasteiger partial charge in [0.15, 0.2) is 0 Å². The summed E-state index contributed by atoms with van der Waals surface area (Å²) >= 11 is 15.3. The molecule has 5 rings (SSSR count). The Morgan fingerprint density at radius 3 is 1.87 bits per heavy atom. The Bertz CT molecular complexity index is 1960. The molecule has 246 valence electrons. The quantitative estimate of drug-likeness (QED) is 0.0943. The van der Waals surface area contributed by atoms with Gasteiger partial charge in [-0.15, -0.1) is 0 Å². The van der Waals surface area contributed by atoms with Crippen LogP contribution in [-0.2, 0) is 14.2 Å². The summed E-state index contributed by atoms with van der Waals surface area (Å²) in [6, 6.07) is 6.95. The second-order valence-corrected chi connectivity index (χ2v) is 11.7. The van der Waals surface area contributed by atoms with Gasteiger partial charge in [-0.3, -0.25) is 5.32 Å². The molecule has 1 amide bonds. The average molecular weight is 860 g/mol. The molecule has 0 radical (unpaired) electrons. The molecule has 5 aromatic heterocycles. The average Bonchev–Trinajstić information content (AvgIpc) is 3.56. The summed E-state index contributed by atoms with van der Waals surface area (Å²) in [4.78, 5) is 46.8. The number of anilines is 2. The van der Waals surface area contributed by atoms with Crippen LogP contribution in [0.1, 0.15) is 47.4 Å². The van der Waals surface area contributed by atoms with Crippen molar-refractivity contribution in [2.75, 3.05) is 30.9 Å². The molecule has 0 fully saturated rings. The van der Waals surface area contributed by atoms with Crippen LogP contribution in [-0.4, -0.2) is 52.8 Å². The van der Waals surface area contributed by atoms with Crippen LogP contribution in [0.25, 0.3) is 22.2 Å². The fourth-order valence-corrected chi connectivity index (χ4v) is 4.65. The number of nitriles is 1. The molecule has 14 nitrogen and oxygen atoms in total. The van der Waals surface area contributed by atoms with Gasteiger partial charge < -0.3 is 28.8 Å². The van der Waals surface area contributed by atoms with E-state index in [2.05, 4.69) is 68.1 Å². The third kappa shape index (κ3) is 9.88. The highest BCUT2D eigenvalue weighted by molar-refractivity contribution is 9.11. The third-order valence-corrected chi connectivity index (χ3v) is 7.02. The first-order chi connectivity index (χ1) is 22.4. The number of aromatic nitrogens is 3. The van der Waals surface area contributed by atoms with E-state index in [1.807, 2.05) is 6.07 Å². The van der Waals surface area contributed by atoms with Crippen LogP contribution in [0.5, 0.6) is 0 Å². The maximum atomic E-state index is 11.9. The van der Waals surface area contributed by atoms with Gasteiger partial charge in [0.05, 0.1) is 41.8 Å². The van der Waals surface area contributed by atoms with Gasteiger partial charge in [-0.2, -0.15) is 5.26 Å². The minimum absolute atomic E-state index is 0.00227. The van der Waals surface area contributed by atoms with Crippen molar-refractivity contribution < 1.29 is 37.4 Å². The summed E-state index contributed by atoms with van der Waals surface area (Å²) in [6.45, 7) is 5.73. The fraction of sp³-hybridized carbons (Fsp3) is 0.207. The predicted molar refractivity (Wildman–Crippen MR) is 182 cm³/mol. The number of pyridine rings is 3.